The van der Waals surface area contributed by atoms with Gasteiger partial charge in [-0.1, -0.05) is 17.8 Å². The van der Waals surface area contributed by atoms with Gasteiger partial charge in [-0.15, -0.1) is 11.3 Å². The first kappa shape index (κ1) is 17.1. The Labute approximate surface area is 162 Å². The minimum absolute atomic E-state index is 0.0385. The van der Waals surface area contributed by atoms with Gasteiger partial charge in [0, 0.05) is 0 Å². The maximum Gasteiger partial charge on any atom is 0.272 e. The Balaban J connectivity index is 1.49. The van der Waals surface area contributed by atoms with Crippen molar-refractivity contribution >= 4 is 33.3 Å². The smallest absolute Gasteiger partial charge is 0.272 e. The zero-order valence-electron chi connectivity index (χ0n) is 14.3. The number of ether oxygens (including phenoxy) is 4. The van der Waals surface area contributed by atoms with Gasteiger partial charge in [0.05, 0.1) is 31.0 Å². The number of fused-ring (bicyclic) bond motifs is 2. The highest BCUT2D eigenvalue weighted by atomic mass is 32.2. The van der Waals surface area contributed by atoms with Crippen molar-refractivity contribution in [1.29, 1.82) is 0 Å². The maximum atomic E-state index is 13.0. The van der Waals surface area contributed by atoms with E-state index in [0.29, 0.717) is 41.1 Å². The lowest BCUT2D eigenvalue weighted by molar-refractivity contribution is -0.0215. The molecule has 27 heavy (non-hydrogen) atoms. The fourth-order valence-electron chi connectivity index (χ4n) is 3.04. The number of thioether (sulfide) groups is 1. The van der Waals surface area contributed by atoms with E-state index < -0.39 is 0 Å². The van der Waals surface area contributed by atoms with Crippen molar-refractivity contribution in [2.24, 2.45) is 0 Å². The number of benzene rings is 1. The van der Waals surface area contributed by atoms with E-state index in [9.17, 15) is 4.79 Å². The van der Waals surface area contributed by atoms with Crippen molar-refractivity contribution in [3.8, 4) is 11.5 Å². The average molecular weight is 404 g/mol. The molecule has 0 amide bonds. The first-order chi connectivity index (χ1) is 13.3. The minimum atomic E-state index is -0.260. The van der Waals surface area contributed by atoms with Gasteiger partial charge in [-0.05, 0) is 29.1 Å². The van der Waals surface area contributed by atoms with Crippen LogP contribution < -0.4 is 15.0 Å². The van der Waals surface area contributed by atoms with Crippen LogP contribution >= 0.6 is 23.1 Å². The summed E-state index contributed by atoms with van der Waals surface area (Å²) in [7, 11) is 0. The third-order valence-electron chi connectivity index (χ3n) is 4.35. The molecule has 2 aliphatic heterocycles. The van der Waals surface area contributed by atoms with Crippen LogP contribution in [0.5, 0.6) is 11.5 Å². The van der Waals surface area contributed by atoms with Gasteiger partial charge in [0.15, 0.2) is 22.9 Å². The largest absolute Gasteiger partial charge is 0.454 e. The van der Waals surface area contributed by atoms with E-state index in [4.69, 9.17) is 23.9 Å². The molecule has 0 radical (unpaired) electrons. The maximum absolute atomic E-state index is 13.0. The van der Waals surface area contributed by atoms with E-state index in [1.807, 2.05) is 29.6 Å². The Bertz CT molecular complexity index is 1040. The summed E-state index contributed by atoms with van der Waals surface area (Å²) < 4.78 is 24.2. The summed E-state index contributed by atoms with van der Waals surface area (Å²) in [5.41, 5.74) is 1.64. The highest BCUT2D eigenvalue weighted by Crippen LogP contribution is 2.33. The molecule has 0 aliphatic carbocycles. The van der Waals surface area contributed by atoms with Gasteiger partial charge in [-0.25, -0.2) is 4.98 Å². The van der Waals surface area contributed by atoms with Gasteiger partial charge < -0.3 is 18.9 Å². The zero-order valence-corrected chi connectivity index (χ0v) is 15.9. The Morgan fingerprint density at radius 3 is 2.93 bits per heavy atom. The van der Waals surface area contributed by atoms with Crippen LogP contribution in [0.1, 0.15) is 5.56 Å². The minimum Gasteiger partial charge on any atom is -0.454 e. The lowest BCUT2D eigenvalue weighted by atomic mass is 10.2. The summed E-state index contributed by atoms with van der Waals surface area (Å²) in [5.74, 6) is 2.01. The number of rotatable bonds is 5. The van der Waals surface area contributed by atoms with Crippen LogP contribution in [0.2, 0.25) is 0 Å². The van der Waals surface area contributed by atoms with Gasteiger partial charge in [-0.2, -0.15) is 0 Å². The van der Waals surface area contributed by atoms with Crippen LogP contribution in [0.15, 0.2) is 39.6 Å². The second kappa shape index (κ2) is 7.16. The predicted octanol–water partition coefficient (Wildman–Crippen LogP) is 2.70. The van der Waals surface area contributed by atoms with E-state index in [-0.39, 0.29) is 18.6 Å². The molecular weight excluding hydrogens is 388 g/mol. The molecule has 0 N–H and O–H groups in total. The van der Waals surface area contributed by atoms with Gasteiger partial charge in [0.2, 0.25) is 6.79 Å². The molecule has 7 nitrogen and oxygen atoms in total. The number of thiophene rings is 1. The molecule has 3 aromatic rings. The van der Waals surface area contributed by atoms with Crippen LogP contribution in [0, 0.1) is 0 Å². The summed E-state index contributed by atoms with van der Waals surface area (Å²) in [6, 6.07) is 7.59. The van der Waals surface area contributed by atoms with Crippen LogP contribution in [-0.4, -0.2) is 41.6 Å². The van der Waals surface area contributed by atoms with Crippen molar-refractivity contribution in [3.05, 3.63) is 45.6 Å². The van der Waals surface area contributed by atoms with Crippen molar-refractivity contribution in [2.75, 3.05) is 25.8 Å². The molecule has 2 aromatic heterocycles. The Morgan fingerprint density at radius 1 is 1.19 bits per heavy atom. The topological polar surface area (TPSA) is 71.8 Å². The van der Waals surface area contributed by atoms with Crippen LogP contribution in [-0.2, 0) is 16.0 Å². The Morgan fingerprint density at radius 2 is 2.04 bits per heavy atom. The molecule has 5 rings (SSSR count). The number of hydrogen-bond donors (Lipinski definition) is 0. The van der Waals surface area contributed by atoms with Gasteiger partial charge in [-0.3, -0.25) is 9.36 Å². The first-order valence-electron chi connectivity index (χ1n) is 8.50. The highest BCUT2D eigenvalue weighted by molar-refractivity contribution is 7.99. The van der Waals surface area contributed by atoms with Crippen LogP contribution in [0.25, 0.3) is 10.2 Å². The quantitative estimate of drug-likeness (QED) is 0.478. The molecule has 0 saturated carbocycles. The summed E-state index contributed by atoms with van der Waals surface area (Å²) in [6.45, 7) is 1.84. The van der Waals surface area contributed by atoms with Crippen molar-refractivity contribution in [2.45, 2.75) is 18.0 Å². The van der Waals surface area contributed by atoms with E-state index in [2.05, 4.69) is 0 Å². The standard InChI is InChI=1S/C18H16N2O5S2/c21-17-16-12(3-6-26-16)19-18(27-9-15-22-4-5-23-15)20(17)8-11-1-2-13-14(7-11)25-10-24-13/h1-3,6-7,15H,4-5,8-10H2. The molecule has 2 aliphatic rings. The van der Waals surface area contributed by atoms with E-state index in [0.717, 1.165) is 16.8 Å². The molecule has 140 valence electrons. The fraction of sp³-hybridized carbons (Fsp3) is 0.333. The van der Waals surface area contributed by atoms with Crippen molar-refractivity contribution in [1.82, 2.24) is 9.55 Å². The van der Waals surface area contributed by atoms with E-state index in [1.54, 1.807) is 4.57 Å². The summed E-state index contributed by atoms with van der Waals surface area (Å²) in [6.07, 6.45) is -0.260. The molecule has 0 spiro atoms. The summed E-state index contributed by atoms with van der Waals surface area (Å²) >= 11 is 2.88. The highest BCUT2D eigenvalue weighted by Gasteiger charge is 2.20. The summed E-state index contributed by atoms with van der Waals surface area (Å²) in [5, 5.41) is 2.55. The van der Waals surface area contributed by atoms with Crippen molar-refractivity contribution in [3.63, 3.8) is 0 Å². The molecule has 1 aromatic carbocycles. The third kappa shape index (κ3) is 3.31. The predicted molar refractivity (Wildman–Crippen MR) is 102 cm³/mol. The lowest BCUT2D eigenvalue weighted by Gasteiger charge is -2.14. The summed E-state index contributed by atoms with van der Waals surface area (Å²) in [4.78, 5) is 17.7. The fourth-order valence-corrected chi connectivity index (χ4v) is 4.76. The monoisotopic (exact) mass is 404 g/mol. The molecule has 4 heterocycles. The van der Waals surface area contributed by atoms with Gasteiger partial charge in [0.1, 0.15) is 4.70 Å². The normalized spacial score (nSPS) is 16.4. The van der Waals surface area contributed by atoms with Crippen LogP contribution in [0.4, 0.5) is 0 Å². The second-order valence-electron chi connectivity index (χ2n) is 6.09. The molecule has 0 atom stereocenters. The SMILES string of the molecule is O=c1c2sccc2nc(SCC2OCCO2)n1Cc1ccc2c(c1)OCO2. The molecular formula is C18H16N2O5S2. The number of nitrogens with zero attached hydrogens (tertiary/aromatic N) is 2. The van der Waals surface area contributed by atoms with Crippen molar-refractivity contribution < 1.29 is 18.9 Å². The molecule has 0 bridgehead atoms. The first-order valence-corrected chi connectivity index (χ1v) is 10.4. The van der Waals surface area contributed by atoms with Crippen LogP contribution in [0.3, 0.4) is 0 Å². The molecule has 0 unspecified atom stereocenters. The molecule has 9 heteroatoms. The molecule has 1 saturated heterocycles. The molecule has 1 fully saturated rings. The lowest BCUT2D eigenvalue weighted by Crippen LogP contribution is -2.24. The number of aromatic nitrogens is 2. The second-order valence-corrected chi connectivity index (χ2v) is 7.99. The zero-order chi connectivity index (χ0) is 18.2. The average Bonchev–Trinajstić information content (AvgIpc) is 3.43. The Hall–Kier alpha value is -2.07. The van der Waals surface area contributed by atoms with Gasteiger partial charge >= 0.3 is 0 Å². The number of hydrogen-bond acceptors (Lipinski definition) is 8. The third-order valence-corrected chi connectivity index (χ3v) is 6.25. The van der Waals surface area contributed by atoms with E-state index in [1.165, 1.54) is 23.1 Å². The Kier molecular flexibility index (Phi) is 4.52. The van der Waals surface area contributed by atoms with E-state index >= 15 is 0 Å². The van der Waals surface area contributed by atoms with Gasteiger partial charge in [0.25, 0.3) is 5.56 Å².